The van der Waals surface area contributed by atoms with Gasteiger partial charge in [-0.2, -0.15) is 0 Å². The minimum absolute atomic E-state index is 0.0123. The lowest BCUT2D eigenvalue weighted by molar-refractivity contribution is 0.143. The first-order valence-corrected chi connectivity index (χ1v) is 8.37. The molecule has 0 aromatic heterocycles. The summed E-state index contributed by atoms with van der Waals surface area (Å²) in [4.78, 5) is 10.2. The number of hydrogen-bond donors (Lipinski definition) is 2. The van der Waals surface area contributed by atoms with E-state index in [4.69, 9.17) is 28.3 Å². The van der Waals surface area contributed by atoms with Gasteiger partial charge in [0.2, 0.25) is 0 Å². The number of halogens is 2. The Morgan fingerprint density at radius 1 is 1.09 bits per heavy atom. The molecule has 1 aromatic rings. The Hall–Kier alpha value is -1.13. The van der Waals surface area contributed by atoms with E-state index in [-0.39, 0.29) is 16.3 Å². The highest BCUT2D eigenvalue weighted by Crippen LogP contribution is 2.31. The molecule has 0 saturated carbocycles. The van der Waals surface area contributed by atoms with Crippen LogP contribution in [-0.2, 0) is 6.42 Å². The van der Waals surface area contributed by atoms with E-state index in [1.807, 2.05) is 0 Å². The van der Waals surface area contributed by atoms with E-state index in [1.165, 1.54) is 6.07 Å². The van der Waals surface area contributed by atoms with Gasteiger partial charge in [0.1, 0.15) is 4.84 Å². The van der Waals surface area contributed by atoms with Crippen molar-refractivity contribution >= 4 is 29.4 Å². The maximum absolute atomic E-state index is 10.5. The second-order valence-corrected chi connectivity index (χ2v) is 6.46. The van der Waals surface area contributed by atoms with Gasteiger partial charge in [-0.3, -0.25) is 0 Å². The molecule has 2 N–H and O–H groups in total. The zero-order valence-electron chi connectivity index (χ0n) is 12.4. The Bertz CT molecular complexity index is 463. The summed E-state index contributed by atoms with van der Waals surface area (Å²) in [5, 5.41) is 18.5. The Morgan fingerprint density at radius 3 is 2.36 bits per heavy atom. The minimum atomic E-state index is -1.43. The summed E-state index contributed by atoms with van der Waals surface area (Å²) in [6.07, 6.45) is 6.57. The zero-order chi connectivity index (χ0) is 16.4. The normalized spacial score (nSPS) is 10.9. The van der Waals surface area contributed by atoms with Crippen molar-refractivity contribution in [3.05, 3.63) is 23.8 Å². The molecule has 0 radical (unpaired) electrons. The summed E-state index contributed by atoms with van der Waals surface area (Å²) in [6.45, 7) is 0. The third-order valence-electron chi connectivity index (χ3n) is 3.40. The second-order valence-electron chi connectivity index (χ2n) is 5.18. The van der Waals surface area contributed by atoms with E-state index < -0.39 is 6.16 Å². The predicted octanol–water partition coefficient (Wildman–Crippen LogP) is 5.53. The lowest BCUT2D eigenvalue weighted by Crippen LogP contribution is -2.03. The van der Waals surface area contributed by atoms with E-state index in [1.54, 1.807) is 12.1 Å². The number of phenols is 1. The summed E-state index contributed by atoms with van der Waals surface area (Å²) in [7, 11) is 0. The highest BCUT2D eigenvalue weighted by Gasteiger charge is 2.10. The van der Waals surface area contributed by atoms with Crippen LogP contribution in [0.15, 0.2) is 18.2 Å². The van der Waals surface area contributed by atoms with Crippen LogP contribution in [0, 0.1) is 0 Å². The molecule has 0 saturated heterocycles. The molecule has 0 amide bonds. The van der Waals surface area contributed by atoms with Crippen LogP contribution >= 0.6 is 23.2 Å². The van der Waals surface area contributed by atoms with E-state index in [0.29, 0.717) is 12.0 Å². The molecule has 6 heteroatoms. The highest BCUT2D eigenvalue weighted by molar-refractivity contribution is 6.44. The number of alkyl halides is 2. The molecule has 22 heavy (non-hydrogen) atoms. The van der Waals surface area contributed by atoms with Crippen molar-refractivity contribution < 1.29 is 19.7 Å². The van der Waals surface area contributed by atoms with Crippen LogP contribution in [0.1, 0.15) is 50.5 Å². The van der Waals surface area contributed by atoms with Crippen LogP contribution in [0.2, 0.25) is 0 Å². The minimum Gasteiger partial charge on any atom is -0.504 e. The molecule has 0 aliphatic rings. The molecule has 0 heterocycles. The molecule has 0 unspecified atom stereocenters. The number of para-hydroxylation sites is 1. The molecule has 0 spiro atoms. The monoisotopic (exact) mass is 348 g/mol. The van der Waals surface area contributed by atoms with Crippen molar-refractivity contribution in [3.63, 3.8) is 0 Å². The van der Waals surface area contributed by atoms with Crippen molar-refractivity contribution in [1.82, 2.24) is 0 Å². The molecular formula is C16H22Cl2O4. The Morgan fingerprint density at radius 2 is 1.73 bits per heavy atom. The van der Waals surface area contributed by atoms with E-state index in [9.17, 15) is 9.90 Å². The first-order chi connectivity index (χ1) is 10.5. The van der Waals surface area contributed by atoms with Crippen LogP contribution in [0.25, 0.3) is 0 Å². The average molecular weight is 349 g/mol. The fourth-order valence-electron chi connectivity index (χ4n) is 2.27. The number of hydrogen-bond acceptors (Lipinski definition) is 3. The van der Waals surface area contributed by atoms with Gasteiger partial charge in [-0.25, -0.2) is 4.79 Å². The topological polar surface area (TPSA) is 66.8 Å². The van der Waals surface area contributed by atoms with E-state index in [2.05, 4.69) is 4.74 Å². The van der Waals surface area contributed by atoms with Crippen LogP contribution in [0.4, 0.5) is 4.79 Å². The van der Waals surface area contributed by atoms with Gasteiger partial charge in [0, 0.05) is 0 Å². The van der Waals surface area contributed by atoms with Crippen LogP contribution in [0.5, 0.6) is 11.5 Å². The van der Waals surface area contributed by atoms with E-state index in [0.717, 1.165) is 44.9 Å². The van der Waals surface area contributed by atoms with Crippen LogP contribution in [-0.4, -0.2) is 21.2 Å². The maximum Gasteiger partial charge on any atom is 0.511 e. The SMILES string of the molecule is O=C(O)Oc1cccc(CCCCCCCCC(Cl)Cl)c1O. The Labute approximate surface area is 141 Å². The van der Waals surface area contributed by atoms with Gasteiger partial charge in [0.25, 0.3) is 0 Å². The number of unbranched alkanes of at least 4 members (excludes halogenated alkanes) is 5. The van der Waals surface area contributed by atoms with Gasteiger partial charge in [0.15, 0.2) is 11.5 Å². The molecule has 1 aromatic carbocycles. The number of carboxylic acid groups (broad SMARTS) is 1. The molecule has 0 aliphatic carbocycles. The largest absolute Gasteiger partial charge is 0.511 e. The number of ether oxygens (including phenoxy) is 1. The number of phenolic OH excluding ortho intramolecular Hbond substituents is 1. The Kier molecular flexibility index (Phi) is 9.09. The maximum atomic E-state index is 10.5. The average Bonchev–Trinajstić information content (AvgIpc) is 2.44. The highest BCUT2D eigenvalue weighted by atomic mass is 35.5. The fraction of sp³-hybridized carbons (Fsp3) is 0.562. The van der Waals surface area contributed by atoms with Gasteiger partial charge < -0.3 is 14.9 Å². The van der Waals surface area contributed by atoms with Crippen molar-refractivity contribution in [2.24, 2.45) is 0 Å². The number of rotatable bonds is 10. The molecule has 1 rings (SSSR count). The van der Waals surface area contributed by atoms with Gasteiger partial charge in [-0.1, -0.05) is 44.2 Å². The third-order valence-corrected chi connectivity index (χ3v) is 3.83. The number of carbonyl (C=O) groups is 1. The number of aryl methyl sites for hydroxylation is 1. The Balaban J connectivity index is 2.23. The quantitative estimate of drug-likeness (QED) is 0.252. The van der Waals surface area contributed by atoms with Crippen LogP contribution in [0.3, 0.4) is 0 Å². The fourth-order valence-corrected chi connectivity index (χ4v) is 2.58. The van der Waals surface area contributed by atoms with E-state index >= 15 is 0 Å². The first kappa shape index (κ1) is 18.9. The molecular weight excluding hydrogens is 327 g/mol. The number of aromatic hydroxyl groups is 1. The smallest absolute Gasteiger partial charge is 0.504 e. The lowest BCUT2D eigenvalue weighted by atomic mass is 10.0. The van der Waals surface area contributed by atoms with Gasteiger partial charge in [-0.15, -0.1) is 23.2 Å². The number of benzene rings is 1. The van der Waals surface area contributed by atoms with Crippen molar-refractivity contribution in [1.29, 1.82) is 0 Å². The van der Waals surface area contributed by atoms with Gasteiger partial charge in [0.05, 0.1) is 0 Å². The summed E-state index contributed by atoms with van der Waals surface area (Å²) in [6, 6.07) is 4.90. The van der Waals surface area contributed by atoms with Gasteiger partial charge in [-0.05, 0) is 30.9 Å². The molecule has 0 fully saturated rings. The molecule has 124 valence electrons. The van der Waals surface area contributed by atoms with Crippen LogP contribution < -0.4 is 4.74 Å². The van der Waals surface area contributed by atoms with Gasteiger partial charge >= 0.3 is 6.16 Å². The summed E-state index contributed by atoms with van der Waals surface area (Å²) in [5.41, 5.74) is 0.714. The summed E-state index contributed by atoms with van der Waals surface area (Å²) in [5.74, 6) is -0.0955. The first-order valence-electron chi connectivity index (χ1n) is 7.50. The standard InChI is InChI=1S/C16H22Cl2O4/c17-14(18)11-6-4-2-1-3-5-8-12-9-7-10-13(15(12)19)22-16(20)21/h7,9-10,14,19H,1-6,8,11H2,(H,20,21). The molecule has 0 aliphatic heterocycles. The van der Waals surface area contributed by atoms with Crippen molar-refractivity contribution in [3.8, 4) is 11.5 Å². The molecule has 0 bridgehead atoms. The third kappa shape index (κ3) is 7.76. The zero-order valence-corrected chi connectivity index (χ0v) is 13.9. The van der Waals surface area contributed by atoms with Crippen molar-refractivity contribution in [2.45, 2.75) is 56.2 Å². The van der Waals surface area contributed by atoms with Crippen molar-refractivity contribution in [2.75, 3.05) is 0 Å². The second kappa shape index (κ2) is 10.6. The predicted molar refractivity (Wildman–Crippen MR) is 88.3 cm³/mol. The molecule has 0 atom stereocenters. The summed E-state index contributed by atoms with van der Waals surface area (Å²) >= 11 is 11.3. The lowest BCUT2D eigenvalue weighted by Gasteiger charge is -2.08. The molecule has 4 nitrogen and oxygen atoms in total. The summed E-state index contributed by atoms with van der Waals surface area (Å²) < 4.78 is 4.52.